The van der Waals surface area contributed by atoms with E-state index in [4.69, 9.17) is 0 Å². The fraction of sp³-hybridized carbons (Fsp3) is 0.650. The molecule has 3 rings (SSSR count). The van der Waals surface area contributed by atoms with Crippen LogP contribution in [0.15, 0.2) is 30.3 Å². The lowest BCUT2D eigenvalue weighted by molar-refractivity contribution is 0.154. The molecule has 1 aromatic carbocycles. The number of nitrogens with zero attached hydrogens (tertiary/aromatic N) is 1. The maximum Gasteiger partial charge on any atom is 0.315 e. The Morgan fingerprint density at radius 2 is 1.96 bits per heavy atom. The van der Waals surface area contributed by atoms with Crippen molar-refractivity contribution in [3.8, 4) is 0 Å². The number of aliphatic hydroxyl groups excluding tert-OH is 1. The monoisotopic (exact) mass is 345 g/mol. The quantitative estimate of drug-likeness (QED) is 0.742. The Labute approximate surface area is 150 Å². The smallest absolute Gasteiger partial charge is 0.315 e. The number of benzene rings is 1. The largest absolute Gasteiger partial charge is 0.394 e. The first-order valence-electron chi connectivity index (χ1n) is 9.62. The molecule has 1 saturated heterocycles. The second-order valence-corrected chi connectivity index (χ2v) is 7.71. The van der Waals surface area contributed by atoms with Gasteiger partial charge in [-0.15, -0.1) is 0 Å². The first-order chi connectivity index (χ1) is 12.2. The number of piperidine rings is 1. The van der Waals surface area contributed by atoms with Crippen molar-refractivity contribution in [1.82, 2.24) is 15.5 Å². The number of hydrogen-bond donors (Lipinski definition) is 3. The topological polar surface area (TPSA) is 64.6 Å². The lowest BCUT2D eigenvalue weighted by Crippen LogP contribution is -2.54. The molecule has 2 amide bonds. The highest BCUT2D eigenvalue weighted by atomic mass is 16.3. The second kappa shape index (κ2) is 8.68. The molecule has 25 heavy (non-hydrogen) atoms. The van der Waals surface area contributed by atoms with Crippen LogP contribution in [0.2, 0.25) is 0 Å². The van der Waals surface area contributed by atoms with Crippen LogP contribution in [0.25, 0.3) is 0 Å². The van der Waals surface area contributed by atoms with Crippen molar-refractivity contribution >= 4 is 6.03 Å². The zero-order chi connectivity index (χ0) is 17.5. The maximum absolute atomic E-state index is 12.2. The van der Waals surface area contributed by atoms with Crippen LogP contribution >= 0.6 is 0 Å². The third kappa shape index (κ3) is 5.19. The third-order valence-electron chi connectivity index (χ3n) is 5.65. The van der Waals surface area contributed by atoms with E-state index in [0.717, 1.165) is 51.7 Å². The van der Waals surface area contributed by atoms with Crippen molar-refractivity contribution in [3.63, 3.8) is 0 Å². The molecular weight excluding hydrogens is 314 g/mol. The number of nitrogens with one attached hydrogen (secondary N) is 2. The highest BCUT2D eigenvalue weighted by Gasteiger charge is 2.34. The molecule has 0 unspecified atom stereocenters. The predicted molar refractivity (Wildman–Crippen MR) is 99.3 cm³/mol. The summed E-state index contributed by atoms with van der Waals surface area (Å²) in [5.41, 5.74) is 0.954. The van der Waals surface area contributed by atoms with E-state index in [2.05, 4.69) is 45.9 Å². The minimum Gasteiger partial charge on any atom is -0.394 e. The van der Waals surface area contributed by atoms with Crippen LogP contribution in [0.3, 0.4) is 0 Å². The predicted octanol–water partition coefficient (Wildman–Crippen LogP) is 2.50. The Hall–Kier alpha value is -1.59. The van der Waals surface area contributed by atoms with Crippen molar-refractivity contribution < 1.29 is 9.90 Å². The van der Waals surface area contributed by atoms with Crippen molar-refractivity contribution in [1.29, 1.82) is 0 Å². The molecule has 0 bridgehead atoms. The van der Waals surface area contributed by atoms with E-state index in [1.165, 1.54) is 12.0 Å². The molecule has 0 aromatic heterocycles. The van der Waals surface area contributed by atoms with Crippen molar-refractivity contribution in [2.45, 2.75) is 50.6 Å². The molecule has 138 valence electrons. The summed E-state index contributed by atoms with van der Waals surface area (Å²) in [6, 6.07) is 10.4. The van der Waals surface area contributed by atoms with Crippen LogP contribution in [0.1, 0.15) is 44.1 Å². The van der Waals surface area contributed by atoms with Gasteiger partial charge in [0.15, 0.2) is 0 Å². The Bertz CT molecular complexity index is 543. The van der Waals surface area contributed by atoms with Gasteiger partial charge >= 0.3 is 6.03 Å². The van der Waals surface area contributed by atoms with E-state index in [9.17, 15) is 9.90 Å². The van der Waals surface area contributed by atoms with E-state index in [-0.39, 0.29) is 12.6 Å². The summed E-state index contributed by atoms with van der Waals surface area (Å²) in [7, 11) is 0. The maximum atomic E-state index is 12.2. The Balaban J connectivity index is 1.42. The molecule has 1 saturated carbocycles. The number of aliphatic hydroxyl groups is 1. The summed E-state index contributed by atoms with van der Waals surface area (Å²) in [6.45, 7) is 3.88. The normalized spacial score (nSPS) is 23.3. The Morgan fingerprint density at radius 1 is 1.20 bits per heavy atom. The first kappa shape index (κ1) is 18.2. The van der Waals surface area contributed by atoms with Crippen LogP contribution in [0, 0.1) is 5.92 Å². The molecule has 3 N–H and O–H groups in total. The fourth-order valence-corrected chi connectivity index (χ4v) is 4.20. The molecule has 2 aliphatic rings. The van der Waals surface area contributed by atoms with Gasteiger partial charge in [-0.1, -0.05) is 43.2 Å². The molecule has 1 aliphatic heterocycles. The number of rotatable bonds is 6. The standard InChI is InChI=1S/C20H31N3O2/c24-16-20(10-4-5-11-20)22-19(25)21-13-18-9-6-12-23(15-18)14-17-7-2-1-3-8-17/h1-3,7-8,18,24H,4-6,9-16H2,(H2,21,22,25)/t18-/m1/s1. The van der Waals surface area contributed by atoms with Crippen molar-refractivity contribution in [2.75, 3.05) is 26.2 Å². The van der Waals surface area contributed by atoms with E-state index in [1.807, 2.05) is 0 Å². The van der Waals surface area contributed by atoms with Crippen molar-refractivity contribution in [3.05, 3.63) is 35.9 Å². The highest BCUT2D eigenvalue weighted by Crippen LogP contribution is 2.29. The van der Waals surface area contributed by atoms with Gasteiger partial charge in [0.25, 0.3) is 0 Å². The average molecular weight is 345 g/mol. The van der Waals surface area contributed by atoms with Crippen molar-refractivity contribution in [2.24, 2.45) is 5.92 Å². The lowest BCUT2D eigenvalue weighted by atomic mass is 9.97. The summed E-state index contributed by atoms with van der Waals surface area (Å²) in [5, 5.41) is 15.7. The summed E-state index contributed by atoms with van der Waals surface area (Å²) < 4.78 is 0. The van der Waals surface area contributed by atoms with Gasteiger partial charge in [0.05, 0.1) is 12.1 Å². The van der Waals surface area contributed by atoms with Gasteiger partial charge in [-0.3, -0.25) is 4.90 Å². The minimum absolute atomic E-state index is 0.0364. The number of carbonyl (C=O) groups excluding carboxylic acids is 1. The first-order valence-corrected chi connectivity index (χ1v) is 9.62. The lowest BCUT2D eigenvalue weighted by Gasteiger charge is -2.33. The number of carbonyl (C=O) groups is 1. The van der Waals surface area contributed by atoms with Gasteiger partial charge in [-0.2, -0.15) is 0 Å². The molecule has 5 heteroatoms. The molecule has 1 atom stereocenters. The summed E-state index contributed by atoms with van der Waals surface area (Å²) in [5.74, 6) is 0.497. The van der Waals surface area contributed by atoms with Gasteiger partial charge in [0.2, 0.25) is 0 Å². The second-order valence-electron chi connectivity index (χ2n) is 7.71. The summed E-state index contributed by atoms with van der Waals surface area (Å²) >= 11 is 0. The zero-order valence-electron chi connectivity index (χ0n) is 15.0. The van der Waals surface area contributed by atoms with Crippen LogP contribution < -0.4 is 10.6 Å². The van der Waals surface area contributed by atoms with Gasteiger partial charge < -0.3 is 15.7 Å². The Morgan fingerprint density at radius 3 is 2.68 bits per heavy atom. The number of likely N-dealkylation sites (tertiary alicyclic amines) is 1. The van der Waals surface area contributed by atoms with Crippen LogP contribution in [-0.4, -0.2) is 47.8 Å². The highest BCUT2D eigenvalue weighted by molar-refractivity contribution is 5.74. The molecule has 1 aliphatic carbocycles. The van der Waals surface area contributed by atoms with E-state index in [1.54, 1.807) is 0 Å². The van der Waals surface area contributed by atoms with E-state index in [0.29, 0.717) is 12.5 Å². The van der Waals surface area contributed by atoms with E-state index < -0.39 is 5.54 Å². The molecule has 5 nitrogen and oxygen atoms in total. The molecule has 0 spiro atoms. The van der Waals surface area contributed by atoms with Crippen LogP contribution in [-0.2, 0) is 6.54 Å². The minimum atomic E-state index is -0.393. The molecule has 1 heterocycles. The summed E-state index contributed by atoms with van der Waals surface area (Å²) in [6.07, 6.45) is 6.27. The third-order valence-corrected chi connectivity index (χ3v) is 5.65. The number of amides is 2. The molecule has 1 aromatic rings. The Kier molecular flexibility index (Phi) is 6.32. The van der Waals surface area contributed by atoms with E-state index >= 15 is 0 Å². The summed E-state index contributed by atoms with van der Waals surface area (Å²) in [4.78, 5) is 14.7. The number of hydrogen-bond acceptors (Lipinski definition) is 3. The van der Waals surface area contributed by atoms with Gasteiger partial charge in [-0.05, 0) is 43.7 Å². The molecule has 2 fully saturated rings. The average Bonchev–Trinajstić information content (AvgIpc) is 3.10. The SMILES string of the molecule is O=C(NC[C@H]1CCCN(Cc2ccccc2)C1)NC1(CO)CCCC1. The van der Waals surface area contributed by atoms with Crippen LogP contribution in [0.5, 0.6) is 0 Å². The van der Waals surface area contributed by atoms with Gasteiger partial charge in [0, 0.05) is 19.6 Å². The fourth-order valence-electron chi connectivity index (χ4n) is 4.20. The van der Waals surface area contributed by atoms with Gasteiger partial charge in [0.1, 0.15) is 0 Å². The van der Waals surface area contributed by atoms with Gasteiger partial charge in [-0.25, -0.2) is 4.79 Å². The zero-order valence-corrected chi connectivity index (χ0v) is 15.0. The molecule has 0 radical (unpaired) electrons. The van der Waals surface area contributed by atoms with Crippen LogP contribution in [0.4, 0.5) is 4.79 Å². The molecular formula is C20H31N3O2. The number of urea groups is 1.